The minimum absolute atomic E-state index is 0.177. The van der Waals surface area contributed by atoms with E-state index in [-0.39, 0.29) is 11.9 Å². The second kappa shape index (κ2) is 7.56. The van der Waals surface area contributed by atoms with Crippen molar-refractivity contribution in [3.63, 3.8) is 0 Å². The average Bonchev–Trinajstić information content (AvgIpc) is 2.12. The fourth-order valence-electron chi connectivity index (χ4n) is 1.10. The molecule has 0 spiro atoms. The molecule has 0 saturated carbocycles. The highest BCUT2D eigenvalue weighted by Crippen LogP contribution is 1.94. The van der Waals surface area contributed by atoms with Crippen molar-refractivity contribution in [1.29, 1.82) is 0 Å². The molecule has 0 bridgehead atoms. The lowest BCUT2D eigenvalue weighted by molar-refractivity contribution is -0.129. The summed E-state index contributed by atoms with van der Waals surface area (Å²) in [7, 11) is 3.57. The van der Waals surface area contributed by atoms with Crippen molar-refractivity contribution in [1.82, 2.24) is 10.2 Å². The number of amides is 1. The monoisotopic (exact) mass is 198 g/mol. The second-order valence-corrected chi connectivity index (χ2v) is 3.71. The van der Waals surface area contributed by atoms with Crippen molar-refractivity contribution >= 4 is 5.91 Å². The number of carbonyl (C=O) groups excluding carboxylic acids is 1. The smallest absolute Gasteiger partial charge is 0.223 e. The highest BCUT2D eigenvalue weighted by Gasteiger charge is 2.08. The largest absolute Gasteiger partial charge is 0.349 e. The molecule has 1 unspecified atom stereocenters. The Labute approximate surface area is 87.2 Å². The fraction of sp³-hybridized carbons (Fsp3) is 0.727. The lowest BCUT2D eigenvalue weighted by Crippen LogP contribution is -2.33. The number of allylic oxidation sites excluding steroid dienone is 1. The minimum atomic E-state index is 0.177. The summed E-state index contributed by atoms with van der Waals surface area (Å²) >= 11 is 0. The van der Waals surface area contributed by atoms with Gasteiger partial charge in [0.1, 0.15) is 0 Å². The van der Waals surface area contributed by atoms with Crippen LogP contribution in [0.15, 0.2) is 12.2 Å². The number of nitrogens with zero attached hydrogens (tertiary/aromatic N) is 1. The number of rotatable bonds is 6. The Morgan fingerprint density at radius 2 is 2.14 bits per heavy atom. The SMILES string of the molecule is C/C=C/CCNC(C)CC(=O)N(C)C. The first-order chi connectivity index (χ1) is 6.57. The third-order valence-corrected chi connectivity index (χ3v) is 2.02. The van der Waals surface area contributed by atoms with Gasteiger partial charge in [0, 0.05) is 26.6 Å². The van der Waals surface area contributed by atoms with Crippen LogP contribution in [0.1, 0.15) is 26.7 Å². The van der Waals surface area contributed by atoms with E-state index in [0.29, 0.717) is 6.42 Å². The molecule has 3 nitrogen and oxygen atoms in total. The number of nitrogens with one attached hydrogen (secondary N) is 1. The van der Waals surface area contributed by atoms with Crippen molar-refractivity contribution in [3.05, 3.63) is 12.2 Å². The topological polar surface area (TPSA) is 32.3 Å². The maximum Gasteiger partial charge on any atom is 0.223 e. The molecule has 3 heteroatoms. The van der Waals surface area contributed by atoms with Crippen LogP contribution in [-0.2, 0) is 4.79 Å². The molecule has 0 saturated heterocycles. The summed E-state index contributed by atoms with van der Waals surface area (Å²) in [6, 6.07) is 0.259. The van der Waals surface area contributed by atoms with E-state index in [0.717, 1.165) is 13.0 Å². The van der Waals surface area contributed by atoms with Gasteiger partial charge in [-0.25, -0.2) is 0 Å². The van der Waals surface area contributed by atoms with Crippen LogP contribution in [0.25, 0.3) is 0 Å². The lowest BCUT2D eigenvalue weighted by atomic mass is 10.2. The number of hydrogen-bond donors (Lipinski definition) is 1. The molecule has 14 heavy (non-hydrogen) atoms. The molecule has 1 amide bonds. The Bertz CT molecular complexity index is 188. The predicted molar refractivity (Wildman–Crippen MR) is 60.2 cm³/mol. The van der Waals surface area contributed by atoms with Gasteiger partial charge in [-0.1, -0.05) is 12.2 Å². The highest BCUT2D eigenvalue weighted by atomic mass is 16.2. The van der Waals surface area contributed by atoms with Crippen molar-refractivity contribution in [3.8, 4) is 0 Å². The molecular weight excluding hydrogens is 176 g/mol. The van der Waals surface area contributed by atoms with Gasteiger partial charge < -0.3 is 10.2 Å². The Morgan fingerprint density at radius 3 is 2.64 bits per heavy atom. The van der Waals surface area contributed by atoms with Crippen molar-refractivity contribution < 1.29 is 4.79 Å². The quantitative estimate of drug-likeness (QED) is 0.517. The third-order valence-electron chi connectivity index (χ3n) is 2.02. The highest BCUT2D eigenvalue weighted by molar-refractivity contribution is 5.76. The van der Waals surface area contributed by atoms with Crippen LogP contribution >= 0.6 is 0 Å². The zero-order valence-corrected chi connectivity index (χ0v) is 9.71. The van der Waals surface area contributed by atoms with Crippen LogP contribution in [-0.4, -0.2) is 37.5 Å². The van der Waals surface area contributed by atoms with Gasteiger partial charge in [0.05, 0.1) is 0 Å². The molecule has 0 aromatic rings. The van der Waals surface area contributed by atoms with E-state index < -0.39 is 0 Å². The summed E-state index contributed by atoms with van der Waals surface area (Å²) in [4.78, 5) is 12.9. The lowest BCUT2D eigenvalue weighted by Gasteiger charge is -2.15. The molecule has 1 N–H and O–H groups in total. The molecule has 0 rings (SSSR count). The van der Waals surface area contributed by atoms with Crippen LogP contribution in [0, 0.1) is 0 Å². The third kappa shape index (κ3) is 6.66. The first-order valence-electron chi connectivity index (χ1n) is 5.12. The Morgan fingerprint density at radius 1 is 1.50 bits per heavy atom. The van der Waals surface area contributed by atoms with Gasteiger partial charge in [0.15, 0.2) is 0 Å². The second-order valence-electron chi connectivity index (χ2n) is 3.71. The molecule has 82 valence electrons. The van der Waals surface area contributed by atoms with Crippen LogP contribution < -0.4 is 5.32 Å². The Hall–Kier alpha value is -0.830. The van der Waals surface area contributed by atoms with E-state index in [1.165, 1.54) is 0 Å². The van der Waals surface area contributed by atoms with Gasteiger partial charge in [0.25, 0.3) is 0 Å². The van der Waals surface area contributed by atoms with Gasteiger partial charge in [-0.15, -0.1) is 0 Å². The molecule has 1 atom stereocenters. The van der Waals surface area contributed by atoms with Crippen LogP contribution in [0.4, 0.5) is 0 Å². The van der Waals surface area contributed by atoms with Gasteiger partial charge >= 0.3 is 0 Å². The van der Waals surface area contributed by atoms with E-state index in [1.54, 1.807) is 19.0 Å². The molecule has 0 radical (unpaired) electrons. The van der Waals surface area contributed by atoms with E-state index in [2.05, 4.69) is 11.4 Å². The molecule has 0 aliphatic rings. The summed E-state index contributed by atoms with van der Waals surface area (Å²) in [6.45, 7) is 4.99. The predicted octanol–water partition coefficient (Wildman–Crippen LogP) is 1.41. The van der Waals surface area contributed by atoms with Gasteiger partial charge in [-0.3, -0.25) is 4.79 Å². The Balaban J connectivity index is 3.55. The number of carbonyl (C=O) groups is 1. The molecular formula is C11H22N2O. The van der Waals surface area contributed by atoms with Crippen molar-refractivity contribution in [2.24, 2.45) is 0 Å². The summed E-state index contributed by atoms with van der Waals surface area (Å²) in [5.74, 6) is 0.177. The molecule has 0 aliphatic heterocycles. The van der Waals surface area contributed by atoms with E-state index >= 15 is 0 Å². The number of hydrogen-bond acceptors (Lipinski definition) is 2. The maximum absolute atomic E-state index is 11.3. The van der Waals surface area contributed by atoms with Gasteiger partial charge in [0.2, 0.25) is 5.91 Å². The van der Waals surface area contributed by atoms with E-state index in [9.17, 15) is 4.79 Å². The van der Waals surface area contributed by atoms with Crippen LogP contribution in [0.2, 0.25) is 0 Å². The molecule has 0 aliphatic carbocycles. The van der Waals surface area contributed by atoms with Crippen LogP contribution in [0.3, 0.4) is 0 Å². The summed E-state index contributed by atoms with van der Waals surface area (Å²) in [5.41, 5.74) is 0. The molecule has 0 fully saturated rings. The van der Waals surface area contributed by atoms with Crippen molar-refractivity contribution in [2.45, 2.75) is 32.7 Å². The summed E-state index contributed by atoms with van der Waals surface area (Å²) in [6.07, 6.45) is 5.75. The normalized spacial score (nSPS) is 13.1. The zero-order chi connectivity index (χ0) is 11.0. The molecule has 0 aromatic heterocycles. The minimum Gasteiger partial charge on any atom is -0.349 e. The van der Waals surface area contributed by atoms with Crippen molar-refractivity contribution in [2.75, 3.05) is 20.6 Å². The Kier molecular flexibility index (Phi) is 7.11. The van der Waals surface area contributed by atoms with Crippen LogP contribution in [0.5, 0.6) is 0 Å². The first kappa shape index (κ1) is 13.2. The standard InChI is InChI=1S/C11H22N2O/c1-5-6-7-8-12-10(2)9-11(14)13(3)4/h5-6,10,12H,7-9H2,1-4H3/b6-5+. The summed E-state index contributed by atoms with van der Waals surface area (Å²) in [5, 5.41) is 3.30. The van der Waals surface area contributed by atoms with E-state index in [4.69, 9.17) is 0 Å². The van der Waals surface area contributed by atoms with Gasteiger partial charge in [-0.05, 0) is 26.8 Å². The fourth-order valence-corrected chi connectivity index (χ4v) is 1.10. The average molecular weight is 198 g/mol. The first-order valence-corrected chi connectivity index (χ1v) is 5.12. The molecule has 0 heterocycles. The van der Waals surface area contributed by atoms with Gasteiger partial charge in [-0.2, -0.15) is 0 Å². The molecule has 0 aromatic carbocycles. The summed E-state index contributed by atoms with van der Waals surface area (Å²) < 4.78 is 0. The van der Waals surface area contributed by atoms with E-state index in [1.807, 2.05) is 19.9 Å². The maximum atomic E-state index is 11.3. The zero-order valence-electron chi connectivity index (χ0n) is 9.71.